The summed E-state index contributed by atoms with van der Waals surface area (Å²) >= 11 is 0. The monoisotopic (exact) mass is 254 g/mol. The molecule has 3 heteroatoms. The van der Waals surface area contributed by atoms with E-state index in [1.54, 1.807) is 0 Å². The number of hydrogen-bond acceptors (Lipinski definition) is 3. The van der Waals surface area contributed by atoms with Gasteiger partial charge in [-0.15, -0.1) is 5.10 Å². The predicted molar refractivity (Wildman–Crippen MR) is 75.4 cm³/mol. The average Bonchev–Trinajstić information content (AvgIpc) is 2.56. The van der Waals surface area contributed by atoms with E-state index in [0.717, 1.165) is 29.1 Å². The highest BCUT2D eigenvalue weighted by molar-refractivity contribution is 5.70. The van der Waals surface area contributed by atoms with Crippen molar-refractivity contribution < 1.29 is 4.74 Å². The minimum atomic E-state index is 0.0225. The molecule has 0 amide bonds. The third kappa shape index (κ3) is 2.21. The van der Waals surface area contributed by atoms with Gasteiger partial charge in [0.2, 0.25) is 0 Å². The van der Waals surface area contributed by atoms with Gasteiger partial charge in [0.05, 0.1) is 18.0 Å². The number of hydrogen-bond donors (Lipinski definition) is 0. The lowest BCUT2D eigenvalue weighted by Gasteiger charge is -2.18. The van der Waals surface area contributed by atoms with E-state index in [-0.39, 0.29) is 5.41 Å². The fraction of sp³-hybridized carbons (Fsp3) is 0.375. The molecule has 0 spiro atoms. The first kappa shape index (κ1) is 12.2. The van der Waals surface area contributed by atoms with E-state index in [1.165, 1.54) is 5.56 Å². The third-order valence-corrected chi connectivity index (χ3v) is 3.41. The Kier molecular flexibility index (Phi) is 2.77. The molecule has 1 aliphatic rings. The van der Waals surface area contributed by atoms with Gasteiger partial charge in [-0.05, 0) is 23.8 Å². The maximum Gasteiger partial charge on any atom is 0.128 e. The Morgan fingerprint density at radius 2 is 1.89 bits per heavy atom. The molecule has 3 rings (SSSR count). The summed E-state index contributed by atoms with van der Waals surface area (Å²) in [5.41, 5.74) is 4.29. The van der Waals surface area contributed by atoms with E-state index in [9.17, 15) is 0 Å². The van der Waals surface area contributed by atoms with E-state index >= 15 is 0 Å². The van der Waals surface area contributed by atoms with Crippen molar-refractivity contribution in [1.29, 1.82) is 0 Å². The molecule has 0 atom stereocenters. The van der Waals surface area contributed by atoms with Crippen molar-refractivity contribution >= 4 is 0 Å². The number of nitrogens with zero attached hydrogens (tertiary/aromatic N) is 2. The van der Waals surface area contributed by atoms with Crippen LogP contribution in [0.4, 0.5) is 0 Å². The second kappa shape index (κ2) is 4.34. The molecular weight excluding hydrogens is 236 g/mol. The fourth-order valence-corrected chi connectivity index (χ4v) is 2.27. The molecule has 0 radical (unpaired) electrons. The van der Waals surface area contributed by atoms with Crippen LogP contribution in [0.3, 0.4) is 0 Å². The van der Waals surface area contributed by atoms with Gasteiger partial charge in [0.1, 0.15) is 5.75 Å². The molecule has 0 fully saturated rings. The van der Waals surface area contributed by atoms with Crippen molar-refractivity contribution in [3.63, 3.8) is 0 Å². The molecule has 1 aliphatic heterocycles. The first-order valence-corrected chi connectivity index (χ1v) is 6.65. The Morgan fingerprint density at radius 3 is 2.68 bits per heavy atom. The van der Waals surface area contributed by atoms with Crippen LogP contribution in [0.5, 0.6) is 5.75 Å². The van der Waals surface area contributed by atoms with Crippen LogP contribution in [0, 0.1) is 0 Å². The number of benzene rings is 1. The molecule has 0 N–H and O–H groups in total. The third-order valence-electron chi connectivity index (χ3n) is 3.41. The predicted octanol–water partition coefficient (Wildman–Crippen LogP) is 3.38. The smallest absolute Gasteiger partial charge is 0.128 e. The van der Waals surface area contributed by atoms with Crippen molar-refractivity contribution in [1.82, 2.24) is 10.2 Å². The van der Waals surface area contributed by atoms with Crippen LogP contribution in [0.2, 0.25) is 0 Å². The van der Waals surface area contributed by atoms with Gasteiger partial charge in [-0.25, -0.2) is 0 Å². The number of fused-ring (bicyclic) bond motifs is 3. The highest BCUT2D eigenvalue weighted by Gasteiger charge is 2.21. The second-order valence-electron chi connectivity index (χ2n) is 5.95. The van der Waals surface area contributed by atoms with Crippen LogP contribution in [-0.4, -0.2) is 16.8 Å². The number of rotatable bonds is 0. The Hall–Kier alpha value is -1.90. The highest BCUT2D eigenvalue weighted by Crippen LogP contribution is 2.34. The summed E-state index contributed by atoms with van der Waals surface area (Å²) in [6.07, 6.45) is 0.878. The lowest BCUT2D eigenvalue weighted by atomic mass is 9.90. The van der Waals surface area contributed by atoms with Crippen molar-refractivity contribution in [3.05, 3.63) is 41.6 Å². The lowest BCUT2D eigenvalue weighted by molar-refractivity contribution is 0.326. The molecule has 2 aromatic rings. The molecule has 0 unspecified atom stereocenters. The lowest BCUT2D eigenvalue weighted by Crippen LogP contribution is -2.15. The van der Waals surface area contributed by atoms with Gasteiger partial charge in [-0.1, -0.05) is 32.9 Å². The molecule has 0 bridgehead atoms. The van der Waals surface area contributed by atoms with E-state index in [0.29, 0.717) is 6.61 Å². The van der Waals surface area contributed by atoms with Crippen molar-refractivity contribution in [2.75, 3.05) is 6.61 Å². The van der Waals surface area contributed by atoms with Crippen LogP contribution < -0.4 is 4.74 Å². The van der Waals surface area contributed by atoms with Crippen molar-refractivity contribution in [2.45, 2.75) is 32.6 Å². The van der Waals surface area contributed by atoms with Gasteiger partial charge in [0.25, 0.3) is 0 Å². The first-order valence-electron chi connectivity index (χ1n) is 6.65. The summed E-state index contributed by atoms with van der Waals surface area (Å²) < 4.78 is 5.79. The molecule has 0 aliphatic carbocycles. The Balaban J connectivity index is 2.16. The zero-order valence-corrected chi connectivity index (χ0v) is 11.6. The van der Waals surface area contributed by atoms with E-state index in [4.69, 9.17) is 4.74 Å². The molecule has 98 valence electrons. The molecule has 0 saturated carbocycles. The molecular formula is C16H18N2O. The topological polar surface area (TPSA) is 35.0 Å². The van der Waals surface area contributed by atoms with Gasteiger partial charge < -0.3 is 4.74 Å². The van der Waals surface area contributed by atoms with Gasteiger partial charge in [-0.2, -0.15) is 5.10 Å². The SMILES string of the molecule is CC(C)(C)c1cc2c(nn1)-c1ccccc1OCC2. The summed E-state index contributed by atoms with van der Waals surface area (Å²) in [7, 11) is 0. The maximum absolute atomic E-state index is 5.79. The Bertz CT molecular complexity index is 614. The highest BCUT2D eigenvalue weighted by atomic mass is 16.5. The number of para-hydroxylation sites is 1. The molecule has 1 aromatic carbocycles. The zero-order valence-electron chi connectivity index (χ0n) is 11.6. The molecule has 3 nitrogen and oxygen atoms in total. The first-order chi connectivity index (χ1) is 9.05. The van der Waals surface area contributed by atoms with E-state index < -0.39 is 0 Å². The maximum atomic E-state index is 5.79. The average molecular weight is 254 g/mol. The normalized spacial score (nSPS) is 14.1. The Morgan fingerprint density at radius 1 is 1.11 bits per heavy atom. The summed E-state index contributed by atoms with van der Waals surface area (Å²) in [5, 5.41) is 8.86. The van der Waals surface area contributed by atoms with Crippen molar-refractivity contribution in [3.8, 4) is 17.0 Å². The van der Waals surface area contributed by atoms with Crippen molar-refractivity contribution in [2.24, 2.45) is 0 Å². The van der Waals surface area contributed by atoms with Crippen LogP contribution in [0.1, 0.15) is 32.0 Å². The minimum Gasteiger partial charge on any atom is -0.493 e. The largest absolute Gasteiger partial charge is 0.493 e. The standard InChI is InChI=1S/C16H18N2O/c1-16(2,3)14-10-11-8-9-19-13-7-5-4-6-12(13)15(11)18-17-14/h4-7,10H,8-9H2,1-3H3. The van der Waals surface area contributed by atoms with Crippen LogP contribution >= 0.6 is 0 Å². The summed E-state index contributed by atoms with van der Waals surface area (Å²) in [6, 6.07) is 10.2. The summed E-state index contributed by atoms with van der Waals surface area (Å²) in [4.78, 5) is 0. The van der Waals surface area contributed by atoms with Crippen LogP contribution in [-0.2, 0) is 11.8 Å². The van der Waals surface area contributed by atoms with E-state index in [2.05, 4.69) is 37.0 Å². The number of ether oxygens (including phenoxy) is 1. The molecule has 2 heterocycles. The van der Waals surface area contributed by atoms with Gasteiger partial charge in [0.15, 0.2) is 0 Å². The van der Waals surface area contributed by atoms with E-state index in [1.807, 2.05) is 24.3 Å². The van der Waals surface area contributed by atoms with Crippen LogP contribution in [0.15, 0.2) is 30.3 Å². The second-order valence-corrected chi connectivity index (χ2v) is 5.95. The number of aromatic nitrogens is 2. The van der Waals surface area contributed by atoms with Gasteiger partial charge >= 0.3 is 0 Å². The zero-order chi connectivity index (χ0) is 13.5. The van der Waals surface area contributed by atoms with Gasteiger partial charge in [-0.3, -0.25) is 0 Å². The molecule has 1 aromatic heterocycles. The fourth-order valence-electron chi connectivity index (χ4n) is 2.27. The van der Waals surface area contributed by atoms with Crippen LogP contribution in [0.25, 0.3) is 11.3 Å². The summed E-state index contributed by atoms with van der Waals surface area (Å²) in [6.45, 7) is 7.17. The van der Waals surface area contributed by atoms with Gasteiger partial charge in [0, 0.05) is 17.4 Å². The quantitative estimate of drug-likeness (QED) is 0.723. The molecule has 0 saturated heterocycles. The molecule has 19 heavy (non-hydrogen) atoms. The minimum absolute atomic E-state index is 0.0225. The summed E-state index contributed by atoms with van der Waals surface area (Å²) in [5.74, 6) is 0.902. The Labute approximate surface area is 113 Å².